The SMILES string of the molecule is Cc1nnnn1-c1cccc(NC(=O)NCCN2CCCc3ccccc32)c1. The summed E-state index contributed by atoms with van der Waals surface area (Å²) in [7, 11) is 0. The zero-order chi connectivity index (χ0) is 19.3. The average molecular weight is 377 g/mol. The molecule has 144 valence electrons. The van der Waals surface area contributed by atoms with Crippen LogP contribution in [0.3, 0.4) is 0 Å². The van der Waals surface area contributed by atoms with Crippen LogP contribution in [-0.4, -0.2) is 45.9 Å². The van der Waals surface area contributed by atoms with E-state index in [0.717, 1.165) is 31.6 Å². The van der Waals surface area contributed by atoms with Gasteiger partial charge in [-0.1, -0.05) is 24.3 Å². The minimum Gasteiger partial charge on any atom is -0.370 e. The number of carbonyl (C=O) groups excluding carboxylic acids is 1. The topological polar surface area (TPSA) is 88.0 Å². The molecular formula is C20H23N7O. The van der Waals surface area contributed by atoms with Crippen LogP contribution in [-0.2, 0) is 6.42 Å². The monoisotopic (exact) mass is 377 g/mol. The van der Waals surface area contributed by atoms with Gasteiger partial charge in [0, 0.05) is 31.0 Å². The molecule has 4 rings (SSSR count). The largest absolute Gasteiger partial charge is 0.370 e. The van der Waals surface area contributed by atoms with Crippen molar-refractivity contribution in [1.82, 2.24) is 25.5 Å². The molecule has 8 nitrogen and oxygen atoms in total. The highest BCUT2D eigenvalue weighted by Gasteiger charge is 2.15. The van der Waals surface area contributed by atoms with Gasteiger partial charge in [-0.05, 0) is 60.0 Å². The molecule has 0 spiro atoms. The van der Waals surface area contributed by atoms with E-state index in [9.17, 15) is 4.79 Å². The molecule has 0 fully saturated rings. The van der Waals surface area contributed by atoms with Crippen molar-refractivity contribution in [2.24, 2.45) is 0 Å². The third kappa shape index (κ3) is 3.95. The molecule has 0 saturated carbocycles. The van der Waals surface area contributed by atoms with Gasteiger partial charge in [0.25, 0.3) is 0 Å². The Morgan fingerprint density at radius 3 is 2.93 bits per heavy atom. The Balaban J connectivity index is 1.32. The number of carbonyl (C=O) groups is 1. The Labute approximate surface area is 163 Å². The van der Waals surface area contributed by atoms with Crippen molar-refractivity contribution in [2.75, 3.05) is 29.9 Å². The Kier molecular flexibility index (Phi) is 5.18. The summed E-state index contributed by atoms with van der Waals surface area (Å²) >= 11 is 0. The number of urea groups is 1. The van der Waals surface area contributed by atoms with Crippen LogP contribution in [0, 0.1) is 6.92 Å². The second-order valence-corrected chi connectivity index (χ2v) is 6.79. The number of nitrogens with zero attached hydrogens (tertiary/aromatic N) is 5. The van der Waals surface area contributed by atoms with Gasteiger partial charge in [0.15, 0.2) is 5.82 Å². The lowest BCUT2D eigenvalue weighted by atomic mass is 10.0. The molecule has 2 heterocycles. The minimum absolute atomic E-state index is 0.226. The number of benzene rings is 2. The Morgan fingerprint density at radius 1 is 1.18 bits per heavy atom. The predicted molar refractivity (Wildman–Crippen MR) is 108 cm³/mol. The van der Waals surface area contributed by atoms with Gasteiger partial charge in [0.05, 0.1) is 5.69 Å². The molecule has 0 atom stereocenters. The van der Waals surface area contributed by atoms with Crippen molar-refractivity contribution in [1.29, 1.82) is 0 Å². The smallest absolute Gasteiger partial charge is 0.319 e. The first kappa shape index (κ1) is 18.0. The molecule has 3 aromatic rings. The molecule has 8 heteroatoms. The van der Waals surface area contributed by atoms with Crippen LogP contribution in [0.2, 0.25) is 0 Å². The van der Waals surface area contributed by atoms with E-state index >= 15 is 0 Å². The van der Waals surface area contributed by atoms with Crippen molar-refractivity contribution < 1.29 is 4.79 Å². The summed E-state index contributed by atoms with van der Waals surface area (Å²) in [4.78, 5) is 14.6. The highest BCUT2D eigenvalue weighted by Crippen LogP contribution is 2.26. The van der Waals surface area contributed by atoms with Gasteiger partial charge in [-0.2, -0.15) is 4.68 Å². The van der Waals surface area contributed by atoms with Gasteiger partial charge in [-0.25, -0.2) is 4.79 Å². The number of tetrazole rings is 1. The lowest BCUT2D eigenvalue weighted by Crippen LogP contribution is -2.39. The minimum atomic E-state index is -0.226. The molecule has 0 saturated heterocycles. The molecule has 1 aliphatic heterocycles. The fraction of sp³-hybridized carbons (Fsp3) is 0.300. The zero-order valence-corrected chi connectivity index (χ0v) is 15.8. The predicted octanol–water partition coefficient (Wildman–Crippen LogP) is 2.55. The normalized spacial score (nSPS) is 13.1. The maximum Gasteiger partial charge on any atom is 0.319 e. The van der Waals surface area contributed by atoms with Crippen LogP contribution < -0.4 is 15.5 Å². The van der Waals surface area contributed by atoms with Gasteiger partial charge in [0.1, 0.15) is 0 Å². The number of aryl methyl sites for hydroxylation is 2. The maximum absolute atomic E-state index is 12.3. The highest BCUT2D eigenvalue weighted by atomic mass is 16.2. The second-order valence-electron chi connectivity index (χ2n) is 6.79. The number of aromatic nitrogens is 4. The van der Waals surface area contributed by atoms with Crippen molar-refractivity contribution in [3.8, 4) is 5.69 Å². The number of para-hydroxylation sites is 1. The van der Waals surface area contributed by atoms with E-state index in [2.05, 4.69) is 55.3 Å². The van der Waals surface area contributed by atoms with E-state index in [0.29, 0.717) is 18.1 Å². The number of nitrogens with one attached hydrogen (secondary N) is 2. The van der Waals surface area contributed by atoms with Crippen LogP contribution in [0.1, 0.15) is 17.8 Å². The van der Waals surface area contributed by atoms with Gasteiger partial charge in [-0.15, -0.1) is 5.10 Å². The van der Waals surface area contributed by atoms with Crippen molar-refractivity contribution in [2.45, 2.75) is 19.8 Å². The molecule has 28 heavy (non-hydrogen) atoms. The third-order valence-corrected chi connectivity index (χ3v) is 4.85. The number of rotatable bonds is 5. The summed E-state index contributed by atoms with van der Waals surface area (Å²) < 4.78 is 1.62. The fourth-order valence-corrected chi connectivity index (χ4v) is 3.51. The van der Waals surface area contributed by atoms with Gasteiger partial charge in [-0.3, -0.25) is 0 Å². The zero-order valence-electron chi connectivity index (χ0n) is 15.8. The number of hydrogen-bond acceptors (Lipinski definition) is 5. The highest BCUT2D eigenvalue weighted by molar-refractivity contribution is 5.89. The van der Waals surface area contributed by atoms with E-state index in [1.165, 1.54) is 11.3 Å². The number of fused-ring (bicyclic) bond motifs is 1. The average Bonchev–Trinajstić information content (AvgIpc) is 3.14. The summed E-state index contributed by atoms with van der Waals surface area (Å²) in [5, 5.41) is 17.3. The maximum atomic E-state index is 12.3. The lowest BCUT2D eigenvalue weighted by Gasteiger charge is -2.31. The van der Waals surface area contributed by atoms with Gasteiger partial charge >= 0.3 is 6.03 Å². The van der Waals surface area contributed by atoms with Crippen LogP contribution in [0.25, 0.3) is 5.69 Å². The molecule has 2 N–H and O–H groups in total. The summed E-state index contributed by atoms with van der Waals surface area (Å²) in [6, 6.07) is 15.7. The van der Waals surface area contributed by atoms with E-state index in [4.69, 9.17) is 0 Å². The van der Waals surface area contributed by atoms with E-state index in [-0.39, 0.29) is 6.03 Å². The van der Waals surface area contributed by atoms with Crippen LogP contribution in [0.4, 0.5) is 16.2 Å². The first-order valence-electron chi connectivity index (χ1n) is 9.44. The molecule has 1 aromatic heterocycles. The standard InChI is InChI=1S/C20H23N7O/c1-15-23-24-25-27(15)18-9-4-8-17(14-18)22-20(28)21-11-13-26-12-5-7-16-6-2-3-10-19(16)26/h2-4,6,8-10,14H,5,7,11-13H2,1H3,(H2,21,22,28). The first-order chi connectivity index (χ1) is 13.7. The van der Waals surface area contributed by atoms with E-state index < -0.39 is 0 Å². The third-order valence-electron chi connectivity index (χ3n) is 4.85. The molecule has 2 amide bonds. The van der Waals surface area contributed by atoms with E-state index in [1.54, 1.807) is 4.68 Å². The Morgan fingerprint density at radius 2 is 2.07 bits per heavy atom. The Bertz CT molecular complexity index is 968. The Hall–Kier alpha value is -3.42. The summed E-state index contributed by atoms with van der Waals surface area (Å²) in [5.41, 5.74) is 4.15. The first-order valence-corrected chi connectivity index (χ1v) is 9.44. The van der Waals surface area contributed by atoms with Crippen LogP contribution >= 0.6 is 0 Å². The summed E-state index contributed by atoms with van der Waals surface area (Å²) in [5.74, 6) is 0.684. The molecule has 1 aliphatic rings. The lowest BCUT2D eigenvalue weighted by molar-refractivity contribution is 0.252. The quantitative estimate of drug-likeness (QED) is 0.713. The van der Waals surface area contributed by atoms with Crippen molar-refractivity contribution in [3.63, 3.8) is 0 Å². The number of anilines is 2. The molecule has 0 bridgehead atoms. The summed E-state index contributed by atoms with van der Waals surface area (Å²) in [6.45, 7) is 4.21. The van der Waals surface area contributed by atoms with Crippen LogP contribution in [0.15, 0.2) is 48.5 Å². The van der Waals surface area contributed by atoms with Crippen LogP contribution in [0.5, 0.6) is 0 Å². The van der Waals surface area contributed by atoms with Gasteiger partial charge in [0.2, 0.25) is 0 Å². The number of amides is 2. The molecule has 2 aromatic carbocycles. The summed E-state index contributed by atoms with van der Waals surface area (Å²) in [6.07, 6.45) is 2.27. The molecule has 0 radical (unpaired) electrons. The second kappa shape index (κ2) is 8.08. The van der Waals surface area contributed by atoms with Crippen molar-refractivity contribution in [3.05, 3.63) is 59.9 Å². The molecule has 0 aliphatic carbocycles. The molecule has 0 unspecified atom stereocenters. The molecular weight excluding hydrogens is 354 g/mol. The van der Waals surface area contributed by atoms with E-state index in [1.807, 2.05) is 31.2 Å². The van der Waals surface area contributed by atoms with Crippen molar-refractivity contribution >= 4 is 17.4 Å². The fourth-order valence-electron chi connectivity index (χ4n) is 3.51. The van der Waals surface area contributed by atoms with Gasteiger partial charge < -0.3 is 15.5 Å². The number of hydrogen-bond donors (Lipinski definition) is 2.